The molecule has 0 unspecified atom stereocenters. The van der Waals surface area contributed by atoms with E-state index in [-0.39, 0.29) is 17.4 Å². The molecule has 170 valence electrons. The molecule has 0 amide bonds. The van der Waals surface area contributed by atoms with Crippen molar-refractivity contribution in [1.29, 1.82) is 0 Å². The lowest BCUT2D eigenvalue weighted by molar-refractivity contribution is 0.414. The Balaban J connectivity index is 1.31. The van der Waals surface area contributed by atoms with E-state index in [1.807, 2.05) is 36.4 Å². The fourth-order valence-corrected chi connectivity index (χ4v) is 5.77. The second-order valence-corrected chi connectivity index (χ2v) is 9.52. The second kappa shape index (κ2) is 9.45. The molecule has 0 saturated heterocycles. The highest BCUT2D eigenvalue weighted by atomic mass is 32.1. The van der Waals surface area contributed by atoms with E-state index in [0.717, 1.165) is 52.8 Å². The molecule has 1 N–H and O–H groups in total. The molecule has 5 nitrogen and oxygen atoms in total. The van der Waals surface area contributed by atoms with Crippen LogP contribution in [0.2, 0.25) is 0 Å². The molecule has 0 spiro atoms. The van der Waals surface area contributed by atoms with Crippen molar-refractivity contribution in [2.75, 3.05) is 7.11 Å². The Morgan fingerprint density at radius 1 is 1.24 bits per heavy atom. The van der Waals surface area contributed by atoms with Gasteiger partial charge in [-0.15, -0.1) is 11.3 Å². The maximum absolute atomic E-state index is 13.9. The molecule has 0 bridgehead atoms. The van der Waals surface area contributed by atoms with Gasteiger partial charge in [-0.2, -0.15) is 0 Å². The van der Waals surface area contributed by atoms with E-state index in [4.69, 9.17) is 4.74 Å². The van der Waals surface area contributed by atoms with E-state index in [1.165, 1.54) is 10.9 Å². The predicted octanol–water partition coefficient (Wildman–Crippen LogP) is 4.50. The summed E-state index contributed by atoms with van der Waals surface area (Å²) in [5.41, 5.74) is 2.99. The number of ether oxygens (including phenoxy) is 1. The molecule has 0 saturated carbocycles. The zero-order valence-electron chi connectivity index (χ0n) is 18.5. The number of aryl methyl sites for hydroxylation is 3. The van der Waals surface area contributed by atoms with Gasteiger partial charge in [0, 0.05) is 29.6 Å². The Kier molecular flexibility index (Phi) is 6.24. The molecule has 5 rings (SSSR count). The first-order valence-corrected chi connectivity index (χ1v) is 12.0. The SMILES string of the molecule is COc1cccc(CCn2cnc3sc4c(c3c2=O)CC[C@@H](NCc2ccccc2F)C4)c1. The average molecular weight is 464 g/mol. The van der Waals surface area contributed by atoms with Gasteiger partial charge in [0.15, 0.2) is 0 Å². The third kappa shape index (κ3) is 4.56. The molecule has 0 aliphatic heterocycles. The Morgan fingerprint density at radius 3 is 2.97 bits per heavy atom. The number of halogens is 1. The van der Waals surface area contributed by atoms with Crippen molar-refractivity contribution in [3.05, 3.63) is 92.6 Å². The van der Waals surface area contributed by atoms with Crippen LogP contribution in [0.1, 0.15) is 28.0 Å². The molecule has 4 aromatic rings. The van der Waals surface area contributed by atoms with Crippen LogP contribution in [0.15, 0.2) is 59.7 Å². The largest absolute Gasteiger partial charge is 0.497 e. The molecule has 7 heteroatoms. The fourth-order valence-electron chi connectivity index (χ4n) is 4.51. The molecule has 1 aliphatic rings. The molecule has 2 aromatic carbocycles. The van der Waals surface area contributed by atoms with Crippen LogP contribution in [0.5, 0.6) is 5.75 Å². The first-order valence-electron chi connectivity index (χ1n) is 11.2. The van der Waals surface area contributed by atoms with Crippen molar-refractivity contribution in [2.45, 2.75) is 44.8 Å². The Bertz CT molecular complexity index is 1350. The van der Waals surface area contributed by atoms with Gasteiger partial charge in [0.1, 0.15) is 16.4 Å². The van der Waals surface area contributed by atoms with Gasteiger partial charge in [0.25, 0.3) is 5.56 Å². The summed E-state index contributed by atoms with van der Waals surface area (Å²) in [4.78, 5) is 19.9. The number of hydrogen-bond acceptors (Lipinski definition) is 5. The Morgan fingerprint density at radius 2 is 2.12 bits per heavy atom. The molecule has 2 heterocycles. The van der Waals surface area contributed by atoms with Crippen LogP contribution in [0, 0.1) is 5.82 Å². The number of aromatic nitrogens is 2. The van der Waals surface area contributed by atoms with E-state index < -0.39 is 0 Å². The molecule has 2 aromatic heterocycles. The minimum Gasteiger partial charge on any atom is -0.497 e. The van der Waals surface area contributed by atoms with Crippen molar-refractivity contribution in [3.63, 3.8) is 0 Å². The lowest BCUT2D eigenvalue weighted by Crippen LogP contribution is -2.34. The smallest absolute Gasteiger partial charge is 0.262 e. The number of thiophene rings is 1. The summed E-state index contributed by atoms with van der Waals surface area (Å²) in [5.74, 6) is 0.639. The van der Waals surface area contributed by atoms with E-state index in [1.54, 1.807) is 35.4 Å². The minimum atomic E-state index is -0.179. The molecular formula is C26H26FN3O2S. The van der Waals surface area contributed by atoms with Crippen molar-refractivity contribution in [1.82, 2.24) is 14.9 Å². The third-order valence-corrected chi connectivity index (χ3v) is 7.51. The van der Waals surface area contributed by atoms with Gasteiger partial charge in [-0.05, 0) is 55.0 Å². The van der Waals surface area contributed by atoms with E-state index in [0.29, 0.717) is 18.7 Å². The number of hydrogen-bond donors (Lipinski definition) is 1. The van der Waals surface area contributed by atoms with Gasteiger partial charge < -0.3 is 10.1 Å². The predicted molar refractivity (Wildman–Crippen MR) is 130 cm³/mol. The Labute approximate surface area is 195 Å². The molecule has 0 fully saturated rings. The highest BCUT2D eigenvalue weighted by Crippen LogP contribution is 2.33. The van der Waals surface area contributed by atoms with E-state index in [9.17, 15) is 9.18 Å². The first kappa shape index (κ1) is 21.8. The average Bonchev–Trinajstić information content (AvgIpc) is 3.22. The van der Waals surface area contributed by atoms with Crippen molar-refractivity contribution in [3.8, 4) is 5.75 Å². The quantitative estimate of drug-likeness (QED) is 0.439. The molecule has 0 radical (unpaired) electrons. The van der Waals surface area contributed by atoms with Crippen LogP contribution >= 0.6 is 11.3 Å². The van der Waals surface area contributed by atoms with Crippen LogP contribution < -0.4 is 15.6 Å². The van der Waals surface area contributed by atoms with Gasteiger partial charge in [-0.1, -0.05) is 30.3 Å². The minimum absolute atomic E-state index is 0.0400. The fraction of sp³-hybridized carbons (Fsp3) is 0.308. The van der Waals surface area contributed by atoms with Crippen molar-refractivity contribution >= 4 is 21.6 Å². The van der Waals surface area contributed by atoms with Crippen LogP contribution in [0.4, 0.5) is 4.39 Å². The number of methoxy groups -OCH3 is 1. The standard InChI is InChI=1S/C26H26FN3O2S/c1-32-20-7-4-5-17(13-20)11-12-30-16-29-25-24(26(30)31)21-10-9-19(14-23(21)33-25)28-15-18-6-2-3-8-22(18)27/h2-8,13,16,19,28H,9-12,14-15H2,1H3/t19-/m1/s1. The summed E-state index contributed by atoms with van der Waals surface area (Å²) in [6.45, 7) is 1.08. The highest BCUT2D eigenvalue weighted by Gasteiger charge is 2.25. The third-order valence-electron chi connectivity index (χ3n) is 6.35. The molecule has 1 aliphatic carbocycles. The summed E-state index contributed by atoms with van der Waals surface area (Å²) < 4.78 is 20.9. The Hall–Kier alpha value is -3.03. The lowest BCUT2D eigenvalue weighted by atomic mass is 9.93. The number of fused-ring (bicyclic) bond motifs is 3. The van der Waals surface area contributed by atoms with Crippen LogP contribution in [-0.2, 0) is 32.4 Å². The van der Waals surface area contributed by atoms with Crippen LogP contribution in [-0.4, -0.2) is 22.7 Å². The van der Waals surface area contributed by atoms with Gasteiger partial charge in [0.05, 0.1) is 18.8 Å². The summed E-state index contributed by atoms with van der Waals surface area (Å²) >= 11 is 1.62. The summed E-state index contributed by atoms with van der Waals surface area (Å²) in [6.07, 6.45) is 5.00. The molecule has 1 atom stereocenters. The van der Waals surface area contributed by atoms with Crippen molar-refractivity contribution < 1.29 is 9.13 Å². The lowest BCUT2D eigenvalue weighted by Gasteiger charge is -2.23. The van der Waals surface area contributed by atoms with Crippen LogP contribution in [0.3, 0.4) is 0 Å². The van der Waals surface area contributed by atoms with Crippen molar-refractivity contribution in [2.24, 2.45) is 0 Å². The zero-order valence-corrected chi connectivity index (χ0v) is 19.3. The van der Waals surface area contributed by atoms with E-state index >= 15 is 0 Å². The number of nitrogens with one attached hydrogen (secondary N) is 1. The maximum Gasteiger partial charge on any atom is 0.262 e. The van der Waals surface area contributed by atoms with Gasteiger partial charge in [-0.25, -0.2) is 9.37 Å². The van der Waals surface area contributed by atoms with E-state index in [2.05, 4.69) is 10.3 Å². The summed E-state index contributed by atoms with van der Waals surface area (Å²) in [6, 6.07) is 15.1. The zero-order chi connectivity index (χ0) is 22.8. The number of nitrogens with zero attached hydrogens (tertiary/aromatic N) is 2. The normalized spacial score (nSPS) is 15.5. The molecule has 33 heavy (non-hydrogen) atoms. The summed E-state index contributed by atoms with van der Waals surface area (Å²) in [7, 11) is 1.65. The number of rotatable bonds is 7. The van der Waals surface area contributed by atoms with Gasteiger partial charge >= 0.3 is 0 Å². The van der Waals surface area contributed by atoms with Gasteiger partial charge in [-0.3, -0.25) is 9.36 Å². The number of benzene rings is 2. The summed E-state index contributed by atoms with van der Waals surface area (Å²) in [5, 5.41) is 4.26. The van der Waals surface area contributed by atoms with Gasteiger partial charge in [0.2, 0.25) is 0 Å². The van der Waals surface area contributed by atoms with Crippen LogP contribution in [0.25, 0.3) is 10.2 Å². The topological polar surface area (TPSA) is 56.2 Å². The maximum atomic E-state index is 13.9. The monoisotopic (exact) mass is 463 g/mol. The molecular weight excluding hydrogens is 437 g/mol. The first-order chi connectivity index (χ1) is 16.1. The second-order valence-electron chi connectivity index (χ2n) is 8.44. The highest BCUT2D eigenvalue weighted by molar-refractivity contribution is 7.18.